The van der Waals surface area contributed by atoms with Crippen LogP contribution in [0.2, 0.25) is 0 Å². The van der Waals surface area contributed by atoms with Crippen molar-refractivity contribution in [3.63, 3.8) is 0 Å². The zero-order valence-corrected chi connectivity index (χ0v) is 58.9. The summed E-state index contributed by atoms with van der Waals surface area (Å²) in [7, 11) is 4.82. The Morgan fingerprint density at radius 1 is 0.490 bits per heavy atom. The molecule has 0 bridgehead atoms. The Hall–Kier alpha value is -10.5. The van der Waals surface area contributed by atoms with E-state index in [-0.39, 0.29) is 88.7 Å². The summed E-state index contributed by atoms with van der Waals surface area (Å²) >= 11 is 0. The fourth-order valence-electron chi connectivity index (χ4n) is 10.1. The van der Waals surface area contributed by atoms with Crippen LogP contribution >= 0.6 is 0 Å². The number of carbonyl (C=O) groups is 8. The van der Waals surface area contributed by atoms with Crippen molar-refractivity contribution in [3.8, 4) is 17.2 Å². The molecule has 1 aliphatic rings. The first-order chi connectivity index (χ1) is 49.1. The van der Waals surface area contributed by atoms with E-state index in [1.54, 1.807) is 50.5 Å². The summed E-state index contributed by atoms with van der Waals surface area (Å²) in [5.41, 5.74) is 11.7. The summed E-state index contributed by atoms with van der Waals surface area (Å²) < 4.78 is 36.7. The van der Waals surface area contributed by atoms with E-state index in [0.717, 1.165) is 56.2 Å². The van der Waals surface area contributed by atoms with Crippen molar-refractivity contribution < 1.29 is 86.8 Å². The van der Waals surface area contributed by atoms with Gasteiger partial charge in [-0.1, -0.05) is 158 Å². The van der Waals surface area contributed by atoms with Crippen LogP contribution in [0, 0.1) is 0 Å². The lowest BCUT2D eigenvalue weighted by Gasteiger charge is -2.28. The van der Waals surface area contributed by atoms with Gasteiger partial charge >= 0.3 is 35.8 Å². The first-order valence-electron chi connectivity index (χ1n) is 33.4. The van der Waals surface area contributed by atoms with Gasteiger partial charge in [0, 0.05) is 51.4 Å². The summed E-state index contributed by atoms with van der Waals surface area (Å²) in [5, 5.41) is 32.8. The minimum absolute atomic E-state index is 0.0103. The number of methoxy groups -OCH3 is 3. The third kappa shape index (κ3) is 30.5. The van der Waals surface area contributed by atoms with E-state index >= 15 is 0 Å². The average molecular weight is 1410 g/mol. The van der Waals surface area contributed by atoms with Gasteiger partial charge in [0.25, 0.3) is 0 Å². The van der Waals surface area contributed by atoms with E-state index in [4.69, 9.17) is 49.1 Å². The van der Waals surface area contributed by atoms with E-state index in [9.17, 15) is 43.5 Å². The molecule has 0 aliphatic carbocycles. The van der Waals surface area contributed by atoms with Gasteiger partial charge < -0.3 is 64.0 Å². The molecule has 7 aromatic carbocycles. The highest BCUT2D eigenvalue weighted by Gasteiger charge is 2.36. The number of hydrogen-bond donors (Lipinski definition) is 6. The Bertz CT molecular complexity index is 3630. The number of nitrogens with two attached hydrogens (primary N) is 1. The number of rotatable bonds is 33. The Morgan fingerprint density at radius 2 is 0.863 bits per heavy atom. The minimum Gasteiger partial charge on any atom is -0.497 e. The summed E-state index contributed by atoms with van der Waals surface area (Å²) in [4.78, 5) is 102. The van der Waals surface area contributed by atoms with Gasteiger partial charge in [0.2, 0.25) is 11.8 Å². The maximum absolute atomic E-state index is 13.0. The van der Waals surface area contributed by atoms with Crippen LogP contribution in [0.4, 0.5) is 0 Å². The molecule has 24 heteroatoms. The van der Waals surface area contributed by atoms with Crippen molar-refractivity contribution in [2.75, 3.05) is 47.6 Å². The lowest BCUT2D eigenvalue weighted by atomic mass is 10.1. The topological polar surface area (TPSA) is 322 Å². The van der Waals surface area contributed by atoms with Gasteiger partial charge in [-0.25, -0.2) is 0 Å². The molecular weight excluding hydrogens is 1310 g/mol. The van der Waals surface area contributed by atoms with Gasteiger partial charge in [-0.3, -0.25) is 53.9 Å². The van der Waals surface area contributed by atoms with Gasteiger partial charge in [-0.2, -0.15) is 0 Å². The molecule has 1 aliphatic heterocycles. The van der Waals surface area contributed by atoms with E-state index < -0.39 is 60.4 Å². The maximum Gasteiger partial charge on any atom is 0.324 e. The smallest absolute Gasteiger partial charge is 0.324 e. The fourth-order valence-corrected chi connectivity index (χ4v) is 10.1. The second kappa shape index (κ2) is 45.3. The maximum atomic E-state index is 13.0. The van der Waals surface area contributed by atoms with Crippen LogP contribution in [-0.4, -0.2) is 161 Å². The Labute approximate surface area is 596 Å². The summed E-state index contributed by atoms with van der Waals surface area (Å²) in [5.74, 6) is -2.28. The number of ether oxygens (including phenoxy) is 7. The molecule has 7 N–H and O–H groups in total. The van der Waals surface area contributed by atoms with Gasteiger partial charge in [-0.05, 0) is 103 Å². The zero-order valence-electron chi connectivity index (χ0n) is 58.9. The first-order valence-corrected chi connectivity index (χ1v) is 33.4. The number of nitrogens with zero attached hydrogens (tertiary/aromatic N) is 3. The van der Waals surface area contributed by atoms with E-state index in [1.165, 1.54) is 0 Å². The SMILES string of the molecule is COc1ccc(CN2CCN(C(C)C)C(=O)CC2C(=O)OCc2ccccc2)cc1.COc1ccc(CNC(CC(=O)N(CCO)C(C)C)C(=O)OCc2ccccc2)cc1.COc1ccc(CNC(CC(=O)O)C(=O)OCc2ccccc2)cc1.NC(CC(=O)O)C(=O)OCc1ccccc1. The number of carboxylic acids is 2. The molecule has 4 unspecified atom stereocenters. The van der Waals surface area contributed by atoms with Crippen molar-refractivity contribution >= 4 is 47.6 Å². The van der Waals surface area contributed by atoms with Crippen molar-refractivity contribution in [2.24, 2.45) is 5.73 Å². The van der Waals surface area contributed by atoms with E-state index in [2.05, 4.69) is 15.5 Å². The molecule has 0 aromatic heterocycles. The van der Waals surface area contributed by atoms with Crippen LogP contribution in [0.25, 0.3) is 0 Å². The molecule has 1 fully saturated rings. The molecule has 1 saturated heterocycles. The Balaban J connectivity index is 0.000000251. The van der Waals surface area contributed by atoms with Gasteiger partial charge in [0.1, 0.15) is 67.8 Å². The predicted octanol–water partition coefficient (Wildman–Crippen LogP) is 8.67. The lowest BCUT2D eigenvalue weighted by molar-refractivity contribution is -0.153. The number of aliphatic hydroxyl groups is 1. The largest absolute Gasteiger partial charge is 0.497 e. The number of carboxylic acid groups (broad SMARTS) is 2. The highest BCUT2D eigenvalue weighted by atomic mass is 16.5. The number of benzene rings is 7. The quantitative estimate of drug-likeness (QED) is 0.0165. The number of amides is 2. The lowest BCUT2D eigenvalue weighted by Crippen LogP contribution is -2.45. The molecule has 546 valence electrons. The zero-order chi connectivity index (χ0) is 74.2. The molecule has 0 spiro atoms. The third-order valence-electron chi connectivity index (χ3n) is 15.8. The second-order valence-electron chi connectivity index (χ2n) is 24.1. The van der Waals surface area contributed by atoms with Gasteiger partial charge in [-0.15, -0.1) is 0 Å². The number of carbonyl (C=O) groups excluding carboxylic acids is 6. The molecule has 4 atom stereocenters. The highest BCUT2D eigenvalue weighted by Crippen LogP contribution is 2.22. The Morgan fingerprint density at radius 3 is 1.23 bits per heavy atom. The normalized spacial score (nSPS) is 13.5. The molecule has 24 nitrogen and oxygen atoms in total. The van der Waals surface area contributed by atoms with Gasteiger partial charge in [0.05, 0.1) is 53.6 Å². The number of nitrogens with one attached hydrogen (secondary N) is 2. The second-order valence-corrected chi connectivity index (χ2v) is 24.1. The van der Waals surface area contributed by atoms with E-state index in [0.29, 0.717) is 32.7 Å². The van der Waals surface area contributed by atoms with Crippen LogP contribution in [0.1, 0.15) is 92.3 Å². The molecule has 0 radical (unpaired) electrons. The summed E-state index contributed by atoms with van der Waals surface area (Å²) in [6, 6.07) is 56.4. The number of aliphatic hydroxyl groups excluding tert-OH is 1. The van der Waals surface area contributed by atoms with E-state index in [1.807, 2.05) is 202 Å². The average Bonchev–Trinajstić information content (AvgIpc) is 1.58. The predicted molar refractivity (Wildman–Crippen MR) is 382 cm³/mol. The molecule has 8 rings (SSSR count). The van der Waals surface area contributed by atoms with Crippen molar-refractivity contribution in [2.45, 2.75) is 136 Å². The molecule has 1 heterocycles. The van der Waals surface area contributed by atoms with Crippen LogP contribution in [0.5, 0.6) is 17.2 Å². The highest BCUT2D eigenvalue weighted by molar-refractivity contribution is 5.87. The van der Waals surface area contributed by atoms with Crippen LogP contribution < -0.4 is 30.6 Å². The van der Waals surface area contributed by atoms with Crippen LogP contribution in [-0.2, 0) is 103 Å². The van der Waals surface area contributed by atoms with Crippen molar-refractivity contribution in [3.05, 3.63) is 233 Å². The number of hydrogen-bond acceptors (Lipinski definition) is 20. The van der Waals surface area contributed by atoms with Crippen molar-refractivity contribution in [1.29, 1.82) is 0 Å². The third-order valence-corrected chi connectivity index (χ3v) is 15.8. The number of esters is 4. The van der Waals surface area contributed by atoms with Gasteiger partial charge in [0.15, 0.2) is 0 Å². The summed E-state index contributed by atoms with van der Waals surface area (Å²) in [6.07, 6.45) is -0.693. The summed E-state index contributed by atoms with van der Waals surface area (Å²) in [6.45, 7) is 10.9. The molecular formula is C78H96N6O18. The van der Waals surface area contributed by atoms with Crippen LogP contribution in [0.3, 0.4) is 0 Å². The number of aliphatic carboxylic acids is 2. The standard InChI is InChI=1S/C24H32N2O5.C24H30N2O4.C19H21NO5.C11H13NO4/c1-18(2)26(13-14-27)23(28)15-22(24(29)31-17-20-7-5-4-6-8-20)25-16-19-9-11-21(30-3)12-10-19;1-18(2)26-14-13-25(16-19-9-11-21(29-3)12-10-19)22(15-23(26)27)24(28)30-17-20-7-5-4-6-8-20;1-24-16-9-7-14(8-10-16)12-20-17(11-18(21)22)19(23)25-13-15-5-3-2-4-6-15;12-9(6-10(13)14)11(15)16-7-8-4-2-1-3-5-8/h4-12,18,22,25,27H,13-17H2,1-3H3;4-12,18,22H,13-17H2,1-3H3;2-10,17,20H,11-13H2,1H3,(H,21,22);1-5,9H,6-7,12H2,(H,13,14). The van der Waals surface area contributed by atoms with Crippen LogP contribution in [0.15, 0.2) is 194 Å². The monoisotopic (exact) mass is 1400 g/mol. The fraction of sp³-hybridized carbons (Fsp3) is 0.359. The molecule has 7 aromatic rings. The molecule has 0 saturated carbocycles. The molecule has 102 heavy (non-hydrogen) atoms. The first kappa shape index (κ1) is 82.2. The van der Waals surface area contributed by atoms with Crippen molar-refractivity contribution in [1.82, 2.24) is 25.3 Å². The minimum atomic E-state index is -1.12. The molecule has 2 amide bonds. The Kier molecular flexibility index (Phi) is 36.5.